The summed E-state index contributed by atoms with van der Waals surface area (Å²) in [6.07, 6.45) is 1.41. The molecule has 11 nitrogen and oxygen atoms in total. The van der Waals surface area contributed by atoms with E-state index < -0.39 is 29.3 Å². The minimum atomic E-state index is -1.22. The number of hydrogen-bond donors (Lipinski definition) is 3. The summed E-state index contributed by atoms with van der Waals surface area (Å²) in [5.41, 5.74) is 10.7. The Hall–Kier alpha value is -4.06. The van der Waals surface area contributed by atoms with Crippen molar-refractivity contribution in [2.75, 3.05) is 23.8 Å². The molecule has 0 fully saturated rings. The molecule has 3 heterocycles. The molecule has 3 amide bonds. The minimum absolute atomic E-state index is 0.0474. The molecule has 0 unspecified atom stereocenters. The van der Waals surface area contributed by atoms with E-state index in [4.69, 9.17) is 25.4 Å². The quantitative estimate of drug-likeness (QED) is 0.466. The van der Waals surface area contributed by atoms with Crippen LogP contribution >= 0.6 is 11.5 Å². The van der Waals surface area contributed by atoms with Gasteiger partial charge in [-0.3, -0.25) is 19.3 Å². The van der Waals surface area contributed by atoms with Gasteiger partial charge in [0.15, 0.2) is 23.2 Å². The molecule has 35 heavy (non-hydrogen) atoms. The largest absolute Gasteiger partial charge is 0.486 e. The van der Waals surface area contributed by atoms with E-state index in [0.717, 1.165) is 11.5 Å². The number of aromatic nitrogens is 1. The summed E-state index contributed by atoms with van der Waals surface area (Å²) in [5, 5.41) is 2.90. The van der Waals surface area contributed by atoms with Crippen molar-refractivity contribution in [2.24, 2.45) is 5.73 Å². The van der Waals surface area contributed by atoms with Gasteiger partial charge >= 0.3 is 0 Å². The molecular weight excluding hydrogens is 474 g/mol. The highest BCUT2D eigenvalue weighted by Gasteiger charge is 2.39. The number of nitrogens with two attached hydrogens (primary N) is 2. The summed E-state index contributed by atoms with van der Waals surface area (Å²) in [7, 11) is 0. The van der Waals surface area contributed by atoms with Gasteiger partial charge in [-0.05, 0) is 56.6 Å². The molecule has 0 spiro atoms. The number of nitrogens with one attached hydrogen (secondary N) is 1. The third kappa shape index (κ3) is 4.92. The lowest BCUT2D eigenvalue weighted by molar-refractivity contribution is -0.124. The number of nitrogen functional groups attached to an aromatic ring is 1. The lowest BCUT2D eigenvalue weighted by Crippen LogP contribution is -2.49. The first-order chi connectivity index (χ1) is 16.6. The Morgan fingerprint density at radius 3 is 2.46 bits per heavy atom. The fraction of sp³-hybridized carbons (Fsp3) is 0.304. The summed E-state index contributed by atoms with van der Waals surface area (Å²) in [6.45, 7) is 6.19. The number of hydrogen-bond acceptors (Lipinski definition) is 9. The standard InChI is InChI=1S/C23H25N5O6S/c1-23(2,3)26-21(30)18(14-5-4-8-32-14)28(12-6-7-13-15(11-12)34-10-9-33-13)22(31)19-16(24)17(20(25)29)27-35-19/h4-8,11,18H,9-10,24H2,1-3H3,(H2,25,29)(H,26,30)/t18-/m1/s1. The van der Waals surface area contributed by atoms with Gasteiger partial charge in [-0.15, -0.1) is 0 Å². The molecule has 12 heteroatoms. The van der Waals surface area contributed by atoms with Gasteiger partial charge in [0.1, 0.15) is 23.9 Å². The van der Waals surface area contributed by atoms with Crippen LogP contribution in [0, 0.1) is 0 Å². The first-order valence-corrected chi connectivity index (χ1v) is 11.5. The molecule has 1 aliphatic rings. The maximum atomic E-state index is 13.9. The number of primary amides is 1. The van der Waals surface area contributed by atoms with Gasteiger partial charge in [0, 0.05) is 17.3 Å². The molecule has 0 radical (unpaired) electrons. The second-order valence-corrected chi connectivity index (χ2v) is 9.57. The fourth-order valence-corrected chi connectivity index (χ4v) is 4.30. The second-order valence-electron chi connectivity index (χ2n) is 8.80. The molecular formula is C23H25N5O6S. The van der Waals surface area contributed by atoms with Crippen LogP contribution in [-0.4, -0.2) is 40.8 Å². The van der Waals surface area contributed by atoms with E-state index in [1.165, 1.54) is 11.2 Å². The number of nitrogens with zero attached hydrogens (tertiary/aromatic N) is 2. The third-order valence-corrected chi connectivity index (χ3v) is 5.85. The number of carbonyl (C=O) groups is 3. The predicted molar refractivity (Wildman–Crippen MR) is 129 cm³/mol. The average Bonchev–Trinajstić information content (AvgIpc) is 3.45. The maximum Gasteiger partial charge on any atom is 0.273 e. The Kier molecular flexibility index (Phi) is 6.39. The highest BCUT2D eigenvalue weighted by molar-refractivity contribution is 7.09. The van der Waals surface area contributed by atoms with Gasteiger partial charge in [-0.2, -0.15) is 4.37 Å². The van der Waals surface area contributed by atoms with Crippen LogP contribution in [0.1, 0.15) is 52.7 Å². The van der Waals surface area contributed by atoms with E-state index in [0.29, 0.717) is 30.4 Å². The molecule has 1 aromatic carbocycles. The molecule has 0 aliphatic carbocycles. The van der Waals surface area contributed by atoms with Gasteiger partial charge in [0.25, 0.3) is 17.7 Å². The van der Waals surface area contributed by atoms with Gasteiger partial charge < -0.3 is 30.7 Å². The highest BCUT2D eigenvalue weighted by atomic mass is 32.1. The molecule has 184 valence electrons. The second kappa shape index (κ2) is 9.29. The van der Waals surface area contributed by atoms with Crippen molar-refractivity contribution < 1.29 is 28.3 Å². The van der Waals surface area contributed by atoms with Crippen LogP contribution in [0.4, 0.5) is 11.4 Å². The van der Waals surface area contributed by atoms with Crippen molar-refractivity contribution >= 4 is 40.6 Å². The molecule has 0 saturated heterocycles. The number of rotatable bonds is 6. The van der Waals surface area contributed by atoms with Crippen molar-refractivity contribution in [3.63, 3.8) is 0 Å². The Morgan fingerprint density at radius 1 is 1.14 bits per heavy atom. The van der Waals surface area contributed by atoms with Crippen LogP contribution in [0.3, 0.4) is 0 Å². The lowest BCUT2D eigenvalue weighted by atomic mass is 10.0. The number of ether oxygens (including phenoxy) is 2. The van der Waals surface area contributed by atoms with Crippen molar-refractivity contribution in [3.05, 3.63) is 52.9 Å². The van der Waals surface area contributed by atoms with E-state index in [-0.39, 0.29) is 22.0 Å². The summed E-state index contributed by atoms with van der Waals surface area (Å²) < 4.78 is 20.8. The van der Waals surface area contributed by atoms with E-state index in [1.807, 2.05) is 20.8 Å². The number of anilines is 2. The SMILES string of the molecule is CC(C)(C)NC(=O)[C@@H](c1ccco1)N(C(=O)c1snc(C(N)=O)c1N)c1ccc2c(c1)OCCO2. The molecule has 0 bridgehead atoms. The van der Waals surface area contributed by atoms with Crippen LogP contribution < -0.4 is 31.2 Å². The fourth-order valence-electron chi connectivity index (χ4n) is 3.56. The highest BCUT2D eigenvalue weighted by Crippen LogP contribution is 2.39. The lowest BCUT2D eigenvalue weighted by Gasteiger charge is -2.32. The van der Waals surface area contributed by atoms with Crippen molar-refractivity contribution in [2.45, 2.75) is 32.4 Å². The van der Waals surface area contributed by atoms with Gasteiger partial charge in [-0.1, -0.05) is 0 Å². The zero-order chi connectivity index (χ0) is 25.3. The number of furan rings is 1. The Labute approximate surface area is 205 Å². The van der Waals surface area contributed by atoms with E-state index in [1.54, 1.807) is 30.3 Å². The van der Waals surface area contributed by atoms with Crippen LogP contribution in [0.15, 0.2) is 41.0 Å². The van der Waals surface area contributed by atoms with Crippen LogP contribution in [0.25, 0.3) is 0 Å². The molecule has 4 rings (SSSR count). The zero-order valence-corrected chi connectivity index (χ0v) is 20.2. The molecule has 1 aliphatic heterocycles. The Bertz CT molecular complexity index is 1260. The number of amides is 3. The van der Waals surface area contributed by atoms with E-state index in [9.17, 15) is 14.4 Å². The Morgan fingerprint density at radius 2 is 1.86 bits per heavy atom. The summed E-state index contributed by atoms with van der Waals surface area (Å²) in [6, 6.07) is 6.85. The first-order valence-electron chi connectivity index (χ1n) is 10.7. The summed E-state index contributed by atoms with van der Waals surface area (Å²) >= 11 is 0.719. The minimum Gasteiger partial charge on any atom is -0.486 e. The summed E-state index contributed by atoms with van der Waals surface area (Å²) in [5.74, 6) is -0.890. The van der Waals surface area contributed by atoms with Crippen LogP contribution in [-0.2, 0) is 4.79 Å². The van der Waals surface area contributed by atoms with Crippen molar-refractivity contribution in [1.29, 1.82) is 0 Å². The molecule has 5 N–H and O–H groups in total. The predicted octanol–water partition coefficient (Wildman–Crippen LogP) is 2.49. The third-order valence-electron chi connectivity index (χ3n) is 5.00. The van der Waals surface area contributed by atoms with Gasteiger partial charge in [-0.25, -0.2) is 0 Å². The molecule has 3 aromatic rings. The smallest absolute Gasteiger partial charge is 0.273 e. The number of carbonyl (C=O) groups excluding carboxylic acids is 3. The van der Waals surface area contributed by atoms with Gasteiger partial charge in [0.05, 0.1) is 12.0 Å². The van der Waals surface area contributed by atoms with Crippen LogP contribution in [0.2, 0.25) is 0 Å². The van der Waals surface area contributed by atoms with Crippen molar-refractivity contribution in [1.82, 2.24) is 9.69 Å². The average molecular weight is 500 g/mol. The van der Waals surface area contributed by atoms with E-state index >= 15 is 0 Å². The van der Waals surface area contributed by atoms with Gasteiger partial charge in [0.2, 0.25) is 0 Å². The summed E-state index contributed by atoms with van der Waals surface area (Å²) in [4.78, 5) is 40.4. The monoisotopic (exact) mass is 499 g/mol. The van der Waals surface area contributed by atoms with E-state index in [2.05, 4.69) is 9.69 Å². The van der Waals surface area contributed by atoms with Crippen molar-refractivity contribution in [3.8, 4) is 11.5 Å². The molecule has 2 aromatic heterocycles. The normalized spacial score (nSPS) is 13.7. The Balaban J connectivity index is 1.88. The molecule has 1 atom stereocenters. The number of fused-ring (bicyclic) bond motifs is 1. The number of benzene rings is 1. The molecule has 0 saturated carbocycles. The zero-order valence-electron chi connectivity index (χ0n) is 19.4. The topological polar surface area (TPSA) is 163 Å². The first kappa shape index (κ1) is 24.1. The van der Waals surface area contributed by atoms with Crippen LogP contribution in [0.5, 0.6) is 11.5 Å². The maximum absolute atomic E-state index is 13.9.